The van der Waals surface area contributed by atoms with Crippen molar-refractivity contribution in [2.24, 2.45) is 0 Å². The Balaban J connectivity index is 2.80. The maximum atomic E-state index is 12.3. The Bertz CT molecular complexity index is 384. The second-order valence-corrected chi connectivity index (χ2v) is 6.42. The summed E-state index contributed by atoms with van der Waals surface area (Å²) in [6.45, 7) is 2.75. The van der Waals surface area contributed by atoms with E-state index in [1.54, 1.807) is 0 Å². The van der Waals surface area contributed by atoms with E-state index in [1.807, 2.05) is 0 Å². The average molecular weight is 257 g/mol. The number of sulfonamides is 1. The molecule has 0 saturated carbocycles. The van der Waals surface area contributed by atoms with Gasteiger partial charge in [0.25, 0.3) is 0 Å². The lowest BCUT2D eigenvalue weighted by Gasteiger charge is -2.28. The monoisotopic (exact) mass is 257 g/mol. The highest BCUT2D eigenvalue weighted by Crippen LogP contribution is 2.31. The number of rotatable bonds is 2. The van der Waals surface area contributed by atoms with Gasteiger partial charge in [-0.3, -0.25) is 0 Å². The van der Waals surface area contributed by atoms with Crippen LogP contribution in [0.3, 0.4) is 0 Å². The molecule has 0 N–H and O–H groups in total. The first kappa shape index (κ1) is 13.5. The second-order valence-electron chi connectivity index (χ2n) is 3.93. The number of hydrogen-bond acceptors (Lipinski definition) is 2. The van der Waals surface area contributed by atoms with Crippen molar-refractivity contribution in [2.45, 2.75) is 31.7 Å². The zero-order valence-corrected chi connectivity index (χ0v) is 9.90. The van der Waals surface area contributed by atoms with E-state index >= 15 is 0 Å². The lowest BCUT2D eigenvalue weighted by Crippen LogP contribution is -2.40. The van der Waals surface area contributed by atoms with Crippen molar-refractivity contribution in [2.75, 3.05) is 13.1 Å². The van der Waals surface area contributed by atoms with Gasteiger partial charge in [0.1, 0.15) is 0 Å². The van der Waals surface area contributed by atoms with Crippen molar-refractivity contribution in [3.05, 3.63) is 11.6 Å². The first-order chi connectivity index (χ1) is 7.15. The zero-order chi connectivity index (χ0) is 12.6. The third kappa shape index (κ3) is 2.76. The van der Waals surface area contributed by atoms with Gasteiger partial charge in [0.05, 0.1) is 5.25 Å². The SMILES string of the molecule is CC(C)S(=O)(=O)N1CC=C(C(F)(F)F)CC1. The molecule has 7 heteroatoms. The minimum Gasteiger partial charge on any atom is -0.212 e. The minimum atomic E-state index is -4.34. The summed E-state index contributed by atoms with van der Waals surface area (Å²) in [4.78, 5) is 0. The summed E-state index contributed by atoms with van der Waals surface area (Å²) < 4.78 is 61.3. The standard InChI is InChI=1S/C9H14F3NO2S/c1-7(2)16(14,15)13-5-3-8(4-6-13)9(10,11)12/h3,7H,4-6H2,1-2H3. The summed E-state index contributed by atoms with van der Waals surface area (Å²) in [6, 6.07) is 0. The van der Waals surface area contributed by atoms with E-state index in [2.05, 4.69) is 0 Å². The molecule has 0 amide bonds. The average Bonchev–Trinajstić information content (AvgIpc) is 2.16. The van der Waals surface area contributed by atoms with E-state index in [4.69, 9.17) is 0 Å². The number of halogens is 3. The highest BCUT2D eigenvalue weighted by Gasteiger charge is 2.37. The summed E-state index contributed by atoms with van der Waals surface area (Å²) in [5.74, 6) is 0. The number of hydrogen-bond donors (Lipinski definition) is 0. The van der Waals surface area contributed by atoms with Crippen LogP contribution in [0.15, 0.2) is 11.6 Å². The molecule has 1 aliphatic rings. The Morgan fingerprint density at radius 2 is 1.94 bits per heavy atom. The summed E-state index contributed by atoms with van der Waals surface area (Å²) >= 11 is 0. The van der Waals surface area contributed by atoms with E-state index < -0.39 is 27.0 Å². The molecule has 1 heterocycles. The Hall–Kier alpha value is -0.560. The lowest BCUT2D eigenvalue weighted by molar-refractivity contribution is -0.0953. The van der Waals surface area contributed by atoms with Crippen molar-refractivity contribution in [3.63, 3.8) is 0 Å². The van der Waals surface area contributed by atoms with Gasteiger partial charge in [-0.05, 0) is 20.3 Å². The fraction of sp³-hybridized carbons (Fsp3) is 0.778. The largest absolute Gasteiger partial charge is 0.412 e. The van der Waals surface area contributed by atoms with Crippen molar-refractivity contribution in [3.8, 4) is 0 Å². The maximum absolute atomic E-state index is 12.3. The van der Waals surface area contributed by atoms with Gasteiger partial charge in [-0.1, -0.05) is 6.08 Å². The summed E-state index contributed by atoms with van der Waals surface area (Å²) in [7, 11) is -3.45. The zero-order valence-electron chi connectivity index (χ0n) is 9.08. The molecule has 0 fully saturated rings. The molecule has 0 saturated heterocycles. The molecule has 0 bridgehead atoms. The van der Waals surface area contributed by atoms with Crippen molar-refractivity contribution < 1.29 is 21.6 Å². The first-order valence-electron chi connectivity index (χ1n) is 4.91. The summed E-state index contributed by atoms with van der Waals surface area (Å²) in [5.41, 5.74) is -0.636. The minimum absolute atomic E-state index is 0.0914. The first-order valence-corrected chi connectivity index (χ1v) is 6.41. The van der Waals surface area contributed by atoms with Gasteiger partial charge < -0.3 is 0 Å². The molecular formula is C9H14F3NO2S. The predicted octanol–water partition coefficient (Wildman–Crippen LogP) is 1.92. The molecule has 0 radical (unpaired) electrons. The van der Waals surface area contributed by atoms with E-state index in [1.165, 1.54) is 13.8 Å². The number of nitrogens with zero attached hydrogens (tertiary/aromatic N) is 1. The quantitative estimate of drug-likeness (QED) is 0.709. The van der Waals surface area contributed by atoms with E-state index in [9.17, 15) is 21.6 Å². The van der Waals surface area contributed by atoms with Crippen LogP contribution in [0.2, 0.25) is 0 Å². The molecular weight excluding hydrogens is 243 g/mol. The van der Waals surface area contributed by atoms with Gasteiger partial charge in [0.2, 0.25) is 10.0 Å². The third-order valence-corrected chi connectivity index (χ3v) is 4.73. The van der Waals surface area contributed by atoms with Crippen molar-refractivity contribution in [1.29, 1.82) is 0 Å². The topological polar surface area (TPSA) is 37.4 Å². The van der Waals surface area contributed by atoms with Gasteiger partial charge in [0.15, 0.2) is 0 Å². The highest BCUT2D eigenvalue weighted by molar-refractivity contribution is 7.89. The smallest absolute Gasteiger partial charge is 0.212 e. The molecule has 0 aliphatic carbocycles. The van der Waals surface area contributed by atoms with Crippen molar-refractivity contribution >= 4 is 10.0 Å². The second kappa shape index (κ2) is 4.37. The van der Waals surface area contributed by atoms with Gasteiger partial charge in [-0.25, -0.2) is 8.42 Å². The fourth-order valence-corrected chi connectivity index (χ4v) is 2.66. The molecule has 16 heavy (non-hydrogen) atoms. The maximum Gasteiger partial charge on any atom is 0.412 e. The van der Waals surface area contributed by atoms with Crippen LogP contribution in [-0.2, 0) is 10.0 Å². The fourth-order valence-electron chi connectivity index (χ4n) is 1.44. The van der Waals surface area contributed by atoms with E-state index in [0.29, 0.717) is 0 Å². The summed E-state index contributed by atoms with van der Waals surface area (Å²) in [6.07, 6.45) is -3.66. The van der Waals surface area contributed by atoms with Crippen LogP contribution in [0.4, 0.5) is 13.2 Å². The highest BCUT2D eigenvalue weighted by atomic mass is 32.2. The van der Waals surface area contributed by atoms with Crippen LogP contribution >= 0.6 is 0 Å². The van der Waals surface area contributed by atoms with Gasteiger partial charge in [-0.15, -0.1) is 0 Å². The van der Waals surface area contributed by atoms with Crippen LogP contribution in [0, 0.1) is 0 Å². The van der Waals surface area contributed by atoms with Crippen molar-refractivity contribution in [1.82, 2.24) is 4.31 Å². The van der Waals surface area contributed by atoms with E-state index in [-0.39, 0.29) is 19.5 Å². The molecule has 0 atom stereocenters. The molecule has 0 unspecified atom stereocenters. The van der Waals surface area contributed by atoms with Gasteiger partial charge in [-0.2, -0.15) is 17.5 Å². The Labute approximate surface area is 93.0 Å². The number of alkyl halides is 3. The molecule has 1 aliphatic heterocycles. The predicted molar refractivity (Wildman–Crippen MR) is 54.4 cm³/mol. The molecule has 1 rings (SSSR count). The molecule has 0 aromatic rings. The van der Waals surface area contributed by atoms with Crippen LogP contribution < -0.4 is 0 Å². The van der Waals surface area contributed by atoms with Gasteiger partial charge in [0, 0.05) is 18.7 Å². The van der Waals surface area contributed by atoms with Crippen LogP contribution in [0.5, 0.6) is 0 Å². The molecule has 3 nitrogen and oxygen atoms in total. The van der Waals surface area contributed by atoms with E-state index in [0.717, 1.165) is 10.4 Å². The third-order valence-electron chi connectivity index (χ3n) is 2.49. The Morgan fingerprint density at radius 3 is 2.25 bits per heavy atom. The van der Waals surface area contributed by atoms with Crippen LogP contribution in [0.25, 0.3) is 0 Å². The molecule has 0 aromatic carbocycles. The molecule has 94 valence electrons. The Morgan fingerprint density at radius 1 is 1.38 bits per heavy atom. The normalized spacial score (nSPS) is 20.0. The Kier molecular flexibility index (Phi) is 3.69. The van der Waals surface area contributed by atoms with Gasteiger partial charge >= 0.3 is 6.18 Å². The van der Waals surface area contributed by atoms with Crippen LogP contribution in [0.1, 0.15) is 20.3 Å². The molecule has 0 aromatic heterocycles. The molecule has 0 spiro atoms. The summed E-state index contributed by atoms with van der Waals surface area (Å²) in [5, 5.41) is -0.603. The van der Waals surface area contributed by atoms with Crippen LogP contribution in [-0.4, -0.2) is 37.2 Å². The lowest BCUT2D eigenvalue weighted by atomic mass is 10.1.